The van der Waals surface area contributed by atoms with Crippen LogP contribution in [-0.4, -0.2) is 49.4 Å². The first-order valence-corrected chi connectivity index (χ1v) is 11.8. The molecule has 172 valence electrons. The molecule has 0 bridgehead atoms. The minimum absolute atomic E-state index is 0.272. The number of aryl methyl sites for hydroxylation is 1. The van der Waals surface area contributed by atoms with Gasteiger partial charge in [-0.05, 0) is 36.8 Å². The molecule has 5 rings (SSSR count). The average molecular weight is 473 g/mol. The Bertz CT molecular complexity index is 1360. The van der Waals surface area contributed by atoms with Gasteiger partial charge in [-0.15, -0.1) is 11.3 Å². The van der Waals surface area contributed by atoms with E-state index in [1.165, 1.54) is 11.3 Å². The fraction of sp³-hybridized carbons (Fsp3) is 0.240. The molecule has 1 saturated heterocycles. The van der Waals surface area contributed by atoms with Crippen molar-refractivity contribution < 1.29 is 9.90 Å². The maximum atomic E-state index is 12.5. The van der Waals surface area contributed by atoms with Gasteiger partial charge < -0.3 is 15.3 Å². The number of benzene rings is 1. The summed E-state index contributed by atoms with van der Waals surface area (Å²) >= 11 is 1.49. The van der Waals surface area contributed by atoms with E-state index in [0.29, 0.717) is 36.7 Å². The third-order valence-corrected chi connectivity index (χ3v) is 6.78. The van der Waals surface area contributed by atoms with E-state index in [1.807, 2.05) is 54.8 Å². The van der Waals surface area contributed by atoms with Crippen LogP contribution < -0.4 is 5.32 Å². The average Bonchev–Trinajstić information content (AvgIpc) is 3.45. The van der Waals surface area contributed by atoms with Gasteiger partial charge in [0.05, 0.1) is 17.9 Å². The lowest BCUT2D eigenvalue weighted by Gasteiger charge is -2.21. The van der Waals surface area contributed by atoms with Crippen LogP contribution in [0.5, 0.6) is 0 Å². The van der Waals surface area contributed by atoms with Crippen molar-refractivity contribution in [3.63, 3.8) is 0 Å². The minimum atomic E-state index is -1.48. The number of likely N-dealkylation sites (N-methyl/N-ethyl adjacent to an activating group) is 1. The van der Waals surface area contributed by atoms with Gasteiger partial charge in [0.2, 0.25) is 5.95 Å². The first-order valence-electron chi connectivity index (χ1n) is 11.0. The van der Waals surface area contributed by atoms with Gasteiger partial charge >= 0.3 is 0 Å². The Hall–Kier alpha value is -3.69. The predicted molar refractivity (Wildman–Crippen MR) is 131 cm³/mol. The Labute approximate surface area is 201 Å². The van der Waals surface area contributed by atoms with Crippen LogP contribution >= 0.6 is 11.3 Å². The van der Waals surface area contributed by atoms with Gasteiger partial charge in [0, 0.05) is 42.8 Å². The van der Waals surface area contributed by atoms with Crippen LogP contribution in [0.15, 0.2) is 60.1 Å². The number of nitrogens with one attached hydrogen (secondary N) is 1. The fourth-order valence-electron chi connectivity index (χ4n) is 4.01. The molecule has 1 fully saturated rings. The molecule has 1 aliphatic heterocycles. The molecule has 1 aliphatic rings. The van der Waals surface area contributed by atoms with E-state index in [1.54, 1.807) is 24.2 Å². The molecule has 1 amide bonds. The van der Waals surface area contributed by atoms with Crippen LogP contribution in [0.4, 0.5) is 5.95 Å². The number of likely N-dealkylation sites (tertiary alicyclic amines) is 1. The summed E-state index contributed by atoms with van der Waals surface area (Å²) in [4.78, 5) is 32.2. The third kappa shape index (κ3) is 4.27. The summed E-state index contributed by atoms with van der Waals surface area (Å²) in [5, 5.41) is 16.9. The van der Waals surface area contributed by atoms with Crippen molar-refractivity contribution in [1.29, 1.82) is 0 Å². The zero-order chi connectivity index (χ0) is 23.7. The molecule has 8 nitrogen and oxygen atoms in total. The Balaban J connectivity index is 1.36. The van der Waals surface area contributed by atoms with Crippen LogP contribution in [-0.2, 0) is 16.9 Å². The second kappa shape index (κ2) is 8.92. The van der Waals surface area contributed by atoms with E-state index >= 15 is 0 Å². The van der Waals surface area contributed by atoms with E-state index in [2.05, 4.69) is 20.3 Å². The van der Waals surface area contributed by atoms with E-state index in [4.69, 9.17) is 4.98 Å². The van der Waals surface area contributed by atoms with Crippen LogP contribution in [0.2, 0.25) is 0 Å². The third-order valence-electron chi connectivity index (χ3n) is 5.89. The number of aromatic nitrogens is 4. The molecular weight excluding hydrogens is 448 g/mol. The summed E-state index contributed by atoms with van der Waals surface area (Å²) < 4.78 is 0. The highest BCUT2D eigenvalue weighted by Gasteiger charge is 2.45. The zero-order valence-electron chi connectivity index (χ0n) is 18.9. The molecule has 4 aromatic rings. The lowest BCUT2D eigenvalue weighted by molar-refractivity contribution is -0.143. The monoisotopic (exact) mass is 472 g/mol. The molecule has 0 radical (unpaired) electrons. The van der Waals surface area contributed by atoms with Crippen LogP contribution in [0, 0.1) is 6.92 Å². The molecule has 9 heteroatoms. The van der Waals surface area contributed by atoms with Crippen molar-refractivity contribution in [1.82, 2.24) is 24.8 Å². The Kier molecular flexibility index (Phi) is 5.80. The number of anilines is 1. The first kappa shape index (κ1) is 22.1. The molecule has 4 heterocycles. The summed E-state index contributed by atoms with van der Waals surface area (Å²) in [6.07, 6.45) is 2.08. The molecule has 3 aromatic heterocycles. The predicted octanol–water partition coefficient (Wildman–Crippen LogP) is 3.63. The maximum absolute atomic E-state index is 12.5. The largest absolute Gasteiger partial charge is 0.375 e. The highest BCUT2D eigenvalue weighted by molar-refractivity contribution is 7.13. The molecule has 0 aliphatic carbocycles. The van der Waals surface area contributed by atoms with E-state index < -0.39 is 5.60 Å². The Morgan fingerprint density at radius 2 is 1.97 bits per heavy atom. The molecular formula is C25H24N6O2S. The van der Waals surface area contributed by atoms with Crippen molar-refractivity contribution >= 4 is 23.2 Å². The van der Waals surface area contributed by atoms with Gasteiger partial charge in [0.25, 0.3) is 5.91 Å². The summed E-state index contributed by atoms with van der Waals surface area (Å²) in [7, 11) is 1.71. The number of carbonyl (C=O) groups is 1. The van der Waals surface area contributed by atoms with Gasteiger partial charge in [0.1, 0.15) is 10.7 Å². The normalized spacial score (nSPS) is 17.9. The van der Waals surface area contributed by atoms with Crippen molar-refractivity contribution in [2.45, 2.75) is 25.5 Å². The van der Waals surface area contributed by atoms with Crippen molar-refractivity contribution in [2.24, 2.45) is 0 Å². The van der Waals surface area contributed by atoms with Gasteiger partial charge in [-0.2, -0.15) is 0 Å². The molecule has 2 N–H and O–H groups in total. The Morgan fingerprint density at radius 3 is 2.76 bits per heavy atom. The van der Waals surface area contributed by atoms with E-state index in [0.717, 1.165) is 27.7 Å². The molecule has 1 aromatic carbocycles. The SMILES string of the molecule is Cc1cccc(CNc2nccc(-c3csc(-c4cccc([C@]5(O)CCN(C)C5=O)c4)n3)n2)n1. The van der Waals surface area contributed by atoms with Gasteiger partial charge in [0.15, 0.2) is 5.60 Å². The van der Waals surface area contributed by atoms with Crippen molar-refractivity contribution in [3.8, 4) is 22.0 Å². The summed E-state index contributed by atoms with van der Waals surface area (Å²) in [6, 6.07) is 15.1. The highest BCUT2D eigenvalue weighted by atomic mass is 32.1. The number of hydrogen-bond donors (Lipinski definition) is 2. The van der Waals surface area contributed by atoms with Crippen LogP contribution in [0.3, 0.4) is 0 Å². The second-order valence-electron chi connectivity index (χ2n) is 8.35. The standard InChI is InChI=1S/C25H24N6O2S/c1-16-5-3-8-19(28-16)14-27-24-26-11-9-20(30-24)21-15-34-22(29-21)17-6-4-7-18(13-17)25(33)10-12-31(2)23(25)32/h3-9,11,13,15,33H,10,12,14H2,1-2H3,(H,26,27,30)/t25-/m1/s1. The summed E-state index contributed by atoms with van der Waals surface area (Å²) in [5.41, 5.74) is 3.28. The molecule has 34 heavy (non-hydrogen) atoms. The van der Waals surface area contributed by atoms with Gasteiger partial charge in [-0.3, -0.25) is 9.78 Å². The maximum Gasteiger partial charge on any atom is 0.258 e. The van der Waals surface area contributed by atoms with E-state index in [-0.39, 0.29) is 5.91 Å². The van der Waals surface area contributed by atoms with Gasteiger partial charge in [-0.1, -0.05) is 24.3 Å². The van der Waals surface area contributed by atoms with Crippen LogP contribution in [0.1, 0.15) is 23.4 Å². The molecule has 0 spiro atoms. The second-order valence-corrected chi connectivity index (χ2v) is 9.20. The first-order chi connectivity index (χ1) is 16.4. The lowest BCUT2D eigenvalue weighted by Crippen LogP contribution is -2.36. The summed E-state index contributed by atoms with van der Waals surface area (Å²) in [5.74, 6) is 0.231. The quantitative estimate of drug-likeness (QED) is 0.442. The lowest BCUT2D eigenvalue weighted by atomic mass is 9.91. The highest BCUT2D eigenvalue weighted by Crippen LogP contribution is 2.36. The number of carbonyl (C=O) groups excluding carboxylic acids is 1. The molecule has 0 unspecified atom stereocenters. The van der Waals surface area contributed by atoms with E-state index in [9.17, 15) is 9.90 Å². The fourth-order valence-corrected chi connectivity index (χ4v) is 4.82. The number of pyridine rings is 1. The number of thiazole rings is 1. The number of nitrogens with zero attached hydrogens (tertiary/aromatic N) is 5. The van der Waals surface area contributed by atoms with Crippen molar-refractivity contribution in [3.05, 3.63) is 77.1 Å². The number of amides is 1. The number of rotatable bonds is 6. The Morgan fingerprint density at radius 1 is 1.12 bits per heavy atom. The topological polar surface area (TPSA) is 104 Å². The molecule has 1 atom stereocenters. The number of aliphatic hydroxyl groups is 1. The molecule has 0 saturated carbocycles. The zero-order valence-corrected chi connectivity index (χ0v) is 19.7. The minimum Gasteiger partial charge on any atom is -0.375 e. The summed E-state index contributed by atoms with van der Waals surface area (Å²) in [6.45, 7) is 3.02. The van der Waals surface area contributed by atoms with Crippen molar-refractivity contribution in [2.75, 3.05) is 18.9 Å². The van der Waals surface area contributed by atoms with Crippen LogP contribution in [0.25, 0.3) is 22.0 Å². The number of hydrogen-bond acceptors (Lipinski definition) is 8. The smallest absolute Gasteiger partial charge is 0.258 e. The van der Waals surface area contributed by atoms with Gasteiger partial charge in [-0.25, -0.2) is 15.0 Å².